The number of aromatic nitrogens is 2. The fourth-order valence-electron chi connectivity index (χ4n) is 1.61. The van der Waals surface area contributed by atoms with Gasteiger partial charge in [0, 0.05) is 25.0 Å². The Morgan fingerprint density at radius 3 is 2.65 bits per heavy atom. The molecule has 110 valence electrons. The number of carboxylic acid groups (broad SMARTS) is 1. The van der Waals surface area contributed by atoms with Crippen molar-refractivity contribution in [3.05, 3.63) is 18.7 Å². The number of hydrogen-bond donors (Lipinski definition) is 3. The number of carbonyl (C=O) groups is 3. The number of rotatable bonds is 7. The topological polar surface area (TPSA) is 131 Å². The third-order valence-electron chi connectivity index (χ3n) is 2.37. The van der Waals surface area contributed by atoms with Crippen molar-refractivity contribution in [1.82, 2.24) is 19.8 Å². The van der Waals surface area contributed by atoms with E-state index in [1.165, 1.54) is 0 Å². The molecule has 4 N–H and O–H groups in total. The van der Waals surface area contributed by atoms with E-state index in [4.69, 9.17) is 10.8 Å². The van der Waals surface area contributed by atoms with Crippen LogP contribution in [-0.4, -0.2) is 56.6 Å². The second kappa shape index (κ2) is 7.12. The number of urea groups is 1. The number of imidazole rings is 1. The Kier molecular flexibility index (Phi) is 5.51. The molecule has 0 saturated heterocycles. The number of nitrogens with one attached hydrogen (secondary N) is 1. The molecule has 20 heavy (non-hydrogen) atoms. The lowest BCUT2D eigenvalue weighted by Crippen LogP contribution is -2.49. The number of nitrogens with two attached hydrogens (primary N) is 1. The molecular weight excluding hydrogens is 266 g/mol. The highest BCUT2D eigenvalue weighted by Gasteiger charge is 2.20. The Hall–Kier alpha value is -2.58. The normalized spacial score (nSPS) is 11.7. The van der Waals surface area contributed by atoms with Crippen LogP contribution in [-0.2, 0) is 16.1 Å². The summed E-state index contributed by atoms with van der Waals surface area (Å²) in [5.74, 6) is -1.99. The van der Waals surface area contributed by atoms with Crippen LogP contribution in [0.3, 0.4) is 0 Å². The SMILES string of the molecule is CC(Cn1ccnc1)NC(=O)N(CC(N)=O)CC(=O)O. The lowest BCUT2D eigenvalue weighted by molar-refractivity contribution is -0.137. The molecule has 1 heterocycles. The Bertz CT molecular complexity index is 457. The summed E-state index contributed by atoms with van der Waals surface area (Å²) in [5, 5.41) is 11.3. The molecule has 1 rings (SSSR count). The van der Waals surface area contributed by atoms with Gasteiger partial charge in [-0.15, -0.1) is 0 Å². The summed E-state index contributed by atoms with van der Waals surface area (Å²) in [7, 11) is 0. The maximum atomic E-state index is 11.9. The van der Waals surface area contributed by atoms with Crippen molar-refractivity contribution in [2.24, 2.45) is 5.73 Å². The van der Waals surface area contributed by atoms with Crippen molar-refractivity contribution in [2.75, 3.05) is 13.1 Å². The fraction of sp³-hybridized carbons (Fsp3) is 0.455. The van der Waals surface area contributed by atoms with E-state index in [-0.39, 0.29) is 6.04 Å². The van der Waals surface area contributed by atoms with Crippen LogP contribution in [0.15, 0.2) is 18.7 Å². The molecule has 0 aliphatic rings. The van der Waals surface area contributed by atoms with Crippen LogP contribution in [0.4, 0.5) is 4.79 Å². The molecule has 9 nitrogen and oxygen atoms in total. The maximum absolute atomic E-state index is 11.9. The van der Waals surface area contributed by atoms with Crippen LogP contribution in [0.2, 0.25) is 0 Å². The Balaban J connectivity index is 2.55. The second-order valence-electron chi connectivity index (χ2n) is 4.33. The molecule has 0 aliphatic heterocycles. The summed E-state index contributed by atoms with van der Waals surface area (Å²) in [4.78, 5) is 38.1. The molecule has 0 aliphatic carbocycles. The fourth-order valence-corrected chi connectivity index (χ4v) is 1.61. The third-order valence-corrected chi connectivity index (χ3v) is 2.37. The van der Waals surface area contributed by atoms with Crippen molar-refractivity contribution in [3.63, 3.8) is 0 Å². The average molecular weight is 283 g/mol. The molecule has 0 bridgehead atoms. The van der Waals surface area contributed by atoms with E-state index < -0.39 is 31.0 Å². The van der Waals surface area contributed by atoms with Gasteiger partial charge in [0.1, 0.15) is 13.1 Å². The van der Waals surface area contributed by atoms with Crippen molar-refractivity contribution in [2.45, 2.75) is 19.5 Å². The van der Waals surface area contributed by atoms with Gasteiger partial charge < -0.3 is 25.6 Å². The quantitative estimate of drug-likeness (QED) is 0.581. The minimum Gasteiger partial charge on any atom is -0.480 e. The van der Waals surface area contributed by atoms with E-state index in [1.54, 1.807) is 30.2 Å². The monoisotopic (exact) mass is 283 g/mol. The first-order valence-electron chi connectivity index (χ1n) is 5.89. The first kappa shape index (κ1) is 15.5. The van der Waals surface area contributed by atoms with Gasteiger partial charge in [0.2, 0.25) is 5.91 Å². The third kappa shape index (κ3) is 5.38. The zero-order chi connectivity index (χ0) is 15.1. The van der Waals surface area contributed by atoms with E-state index >= 15 is 0 Å². The van der Waals surface area contributed by atoms with E-state index in [1.807, 2.05) is 0 Å². The lowest BCUT2D eigenvalue weighted by atomic mass is 10.3. The predicted octanol–water partition coefficient (Wildman–Crippen LogP) is -1.15. The van der Waals surface area contributed by atoms with Crippen LogP contribution in [0, 0.1) is 0 Å². The van der Waals surface area contributed by atoms with Crippen LogP contribution < -0.4 is 11.1 Å². The van der Waals surface area contributed by atoms with Gasteiger partial charge in [-0.25, -0.2) is 9.78 Å². The number of aliphatic carboxylic acids is 1. The highest BCUT2D eigenvalue weighted by Crippen LogP contribution is 1.95. The number of amides is 3. The van der Waals surface area contributed by atoms with Gasteiger partial charge in [-0.2, -0.15) is 0 Å². The number of hydrogen-bond acceptors (Lipinski definition) is 4. The number of carbonyl (C=O) groups excluding carboxylic acids is 2. The smallest absolute Gasteiger partial charge is 0.323 e. The molecule has 1 aromatic heterocycles. The van der Waals surface area contributed by atoms with Crippen molar-refractivity contribution < 1.29 is 19.5 Å². The first-order valence-corrected chi connectivity index (χ1v) is 5.89. The molecule has 9 heteroatoms. The average Bonchev–Trinajstić information content (AvgIpc) is 2.79. The van der Waals surface area contributed by atoms with Crippen LogP contribution >= 0.6 is 0 Å². The summed E-state index contributed by atoms with van der Waals surface area (Å²) in [5.41, 5.74) is 4.98. The Morgan fingerprint density at radius 1 is 1.45 bits per heavy atom. The Labute approximate surface area is 115 Å². The van der Waals surface area contributed by atoms with Gasteiger partial charge in [0.25, 0.3) is 0 Å². The molecule has 1 unspecified atom stereocenters. The lowest BCUT2D eigenvalue weighted by Gasteiger charge is -2.22. The molecular formula is C11H17N5O4. The summed E-state index contributed by atoms with van der Waals surface area (Å²) >= 11 is 0. The molecule has 1 atom stereocenters. The van der Waals surface area contributed by atoms with Crippen LogP contribution in [0.25, 0.3) is 0 Å². The minimum atomic E-state index is -1.22. The number of primary amides is 1. The van der Waals surface area contributed by atoms with Gasteiger partial charge in [-0.3, -0.25) is 9.59 Å². The maximum Gasteiger partial charge on any atom is 0.323 e. The molecule has 3 amide bonds. The van der Waals surface area contributed by atoms with Gasteiger partial charge in [-0.05, 0) is 6.92 Å². The zero-order valence-electron chi connectivity index (χ0n) is 11.0. The summed E-state index contributed by atoms with van der Waals surface area (Å²) < 4.78 is 1.76. The van der Waals surface area contributed by atoms with Gasteiger partial charge in [-0.1, -0.05) is 0 Å². The molecule has 1 aromatic rings. The summed E-state index contributed by atoms with van der Waals surface area (Å²) in [6.07, 6.45) is 4.94. The first-order chi connectivity index (χ1) is 9.38. The minimum absolute atomic E-state index is 0.263. The van der Waals surface area contributed by atoms with E-state index in [9.17, 15) is 14.4 Å². The van der Waals surface area contributed by atoms with Crippen LogP contribution in [0.5, 0.6) is 0 Å². The van der Waals surface area contributed by atoms with E-state index in [2.05, 4.69) is 10.3 Å². The molecule has 0 aromatic carbocycles. The summed E-state index contributed by atoms with van der Waals surface area (Å²) in [6, 6.07) is -0.917. The largest absolute Gasteiger partial charge is 0.480 e. The van der Waals surface area contributed by atoms with Gasteiger partial charge in [0.05, 0.1) is 6.33 Å². The van der Waals surface area contributed by atoms with Crippen LogP contribution in [0.1, 0.15) is 6.92 Å². The standard InChI is InChI=1S/C11H17N5O4/c1-8(4-15-3-2-13-7-15)14-11(20)16(5-9(12)17)6-10(18)19/h2-3,7-8H,4-6H2,1H3,(H2,12,17)(H,14,20)(H,18,19). The molecule has 0 spiro atoms. The number of nitrogens with zero attached hydrogens (tertiary/aromatic N) is 3. The highest BCUT2D eigenvalue weighted by atomic mass is 16.4. The molecule has 0 fully saturated rings. The highest BCUT2D eigenvalue weighted by molar-refractivity contribution is 5.86. The van der Waals surface area contributed by atoms with Crippen molar-refractivity contribution >= 4 is 17.9 Å². The second-order valence-corrected chi connectivity index (χ2v) is 4.33. The zero-order valence-corrected chi connectivity index (χ0v) is 11.0. The van der Waals surface area contributed by atoms with E-state index in [0.717, 1.165) is 4.90 Å². The van der Waals surface area contributed by atoms with Gasteiger partial charge in [0.15, 0.2) is 0 Å². The van der Waals surface area contributed by atoms with Gasteiger partial charge >= 0.3 is 12.0 Å². The molecule has 0 radical (unpaired) electrons. The predicted molar refractivity (Wildman–Crippen MR) is 68.6 cm³/mol. The van der Waals surface area contributed by atoms with Crippen molar-refractivity contribution in [3.8, 4) is 0 Å². The Morgan fingerprint density at radius 2 is 2.15 bits per heavy atom. The molecule has 0 saturated carbocycles. The van der Waals surface area contributed by atoms with E-state index in [0.29, 0.717) is 6.54 Å². The summed E-state index contributed by atoms with van der Waals surface area (Å²) in [6.45, 7) is 1.19. The van der Waals surface area contributed by atoms with Crippen molar-refractivity contribution in [1.29, 1.82) is 0 Å². The number of carboxylic acids is 1.